The first-order valence-electron chi connectivity index (χ1n) is 5.87. The Morgan fingerprint density at radius 1 is 1.44 bits per heavy atom. The molecule has 92 valence electrons. The second-order valence-corrected chi connectivity index (χ2v) is 4.24. The van der Waals surface area contributed by atoms with Crippen LogP contribution in [-0.2, 0) is 17.7 Å². The second-order valence-electron chi connectivity index (χ2n) is 4.24. The molecule has 1 atom stereocenters. The Kier molecular flexibility index (Phi) is 4.96. The van der Waals surface area contributed by atoms with E-state index in [0.29, 0.717) is 6.61 Å². The molecule has 16 heavy (non-hydrogen) atoms. The lowest BCUT2D eigenvalue weighted by molar-refractivity contribution is 0.182. The molecule has 0 aliphatic heterocycles. The largest absolute Gasteiger partial charge is 0.383 e. The van der Waals surface area contributed by atoms with E-state index in [-0.39, 0.29) is 6.04 Å². The van der Waals surface area contributed by atoms with E-state index >= 15 is 0 Å². The number of nitrogens with zero attached hydrogens (tertiary/aromatic N) is 2. The van der Waals surface area contributed by atoms with Gasteiger partial charge in [0, 0.05) is 18.8 Å². The second kappa shape index (κ2) is 6.01. The number of rotatable bonds is 6. The van der Waals surface area contributed by atoms with E-state index in [9.17, 15) is 0 Å². The maximum absolute atomic E-state index is 5.99. The topological polar surface area (TPSA) is 53.1 Å². The minimum absolute atomic E-state index is 0.234. The first-order valence-corrected chi connectivity index (χ1v) is 5.87. The number of methoxy groups -OCH3 is 1. The van der Waals surface area contributed by atoms with Gasteiger partial charge in [0.05, 0.1) is 18.8 Å². The molecule has 0 fully saturated rings. The van der Waals surface area contributed by atoms with Crippen LogP contribution in [-0.4, -0.2) is 29.5 Å². The first kappa shape index (κ1) is 13.2. The molecule has 0 saturated carbocycles. The van der Waals surface area contributed by atoms with Crippen molar-refractivity contribution in [1.29, 1.82) is 0 Å². The summed E-state index contributed by atoms with van der Waals surface area (Å²) in [5, 5.41) is 4.52. The lowest BCUT2D eigenvalue weighted by Crippen LogP contribution is -2.22. The quantitative estimate of drug-likeness (QED) is 0.796. The molecule has 0 spiro atoms. The molecule has 2 N–H and O–H groups in total. The Morgan fingerprint density at radius 3 is 2.69 bits per heavy atom. The summed E-state index contributed by atoms with van der Waals surface area (Å²) in [6.07, 6.45) is 1.92. The lowest BCUT2D eigenvalue weighted by Gasteiger charge is -2.09. The number of hydrogen-bond acceptors (Lipinski definition) is 3. The van der Waals surface area contributed by atoms with Gasteiger partial charge in [0.1, 0.15) is 0 Å². The Balaban J connectivity index is 2.80. The molecule has 0 aliphatic carbocycles. The maximum atomic E-state index is 5.99. The van der Waals surface area contributed by atoms with Crippen LogP contribution < -0.4 is 5.73 Å². The van der Waals surface area contributed by atoms with Gasteiger partial charge in [-0.15, -0.1) is 0 Å². The fourth-order valence-corrected chi connectivity index (χ4v) is 1.83. The molecule has 1 unspecified atom stereocenters. The van der Waals surface area contributed by atoms with Crippen LogP contribution in [0.3, 0.4) is 0 Å². The summed E-state index contributed by atoms with van der Waals surface area (Å²) < 4.78 is 7.08. The molecular formula is C12H23N3O. The van der Waals surface area contributed by atoms with Crippen molar-refractivity contribution >= 4 is 0 Å². The van der Waals surface area contributed by atoms with Gasteiger partial charge in [0.25, 0.3) is 0 Å². The summed E-state index contributed by atoms with van der Waals surface area (Å²) in [5.74, 6) is 0. The van der Waals surface area contributed by atoms with Crippen molar-refractivity contribution in [3.8, 4) is 0 Å². The molecule has 1 heterocycles. The maximum Gasteiger partial charge on any atom is 0.0658 e. The fraction of sp³-hybridized carbons (Fsp3) is 0.750. The van der Waals surface area contributed by atoms with Gasteiger partial charge in [-0.1, -0.05) is 6.92 Å². The number of nitrogens with two attached hydrogens (primary N) is 1. The van der Waals surface area contributed by atoms with Crippen molar-refractivity contribution < 1.29 is 4.74 Å². The summed E-state index contributed by atoms with van der Waals surface area (Å²) in [7, 11) is 1.71. The van der Waals surface area contributed by atoms with Crippen molar-refractivity contribution in [1.82, 2.24) is 9.78 Å². The highest BCUT2D eigenvalue weighted by molar-refractivity contribution is 5.25. The average Bonchev–Trinajstić information content (AvgIpc) is 2.53. The summed E-state index contributed by atoms with van der Waals surface area (Å²) in [6, 6.07) is 0.234. The molecule has 0 aliphatic rings. The molecule has 0 saturated heterocycles. The van der Waals surface area contributed by atoms with Crippen LogP contribution in [0.4, 0.5) is 0 Å². The van der Waals surface area contributed by atoms with E-state index in [1.807, 2.05) is 11.6 Å². The van der Waals surface area contributed by atoms with Gasteiger partial charge in [0.15, 0.2) is 0 Å². The number of aryl methyl sites for hydroxylation is 1. The smallest absolute Gasteiger partial charge is 0.0658 e. The summed E-state index contributed by atoms with van der Waals surface area (Å²) >= 11 is 0. The van der Waals surface area contributed by atoms with Crippen LogP contribution in [0, 0.1) is 13.8 Å². The molecule has 1 aromatic heterocycles. The molecule has 0 radical (unpaired) electrons. The highest BCUT2D eigenvalue weighted by Crippen LogP contribution is 2.15. The molecular weight excluding hydrogens is 202 g/mol. The number of hydrogen-bond donors (Lipinski definition) is 1. The van der Waals surface area contributed by atoms with Crippen molar-refractivity contribution in [2.45, 2.75) is 46.2 Å². The highest BCUT2D eigenvalue weighted by Gasteiger charge is 2.13. The van der Waals surface area contributed by atoms with Crippen LogP contribution in [0.1, 0.15) is 30.3 Å². The third-order valence-corrected chi connectivity index (χ3v) is 3.03. The van der Waals surface area contributed by atoms with E-state index in [1.54, 1.807) is 7.11 Å². The first-order chi connectivity index (χ1) is 7.60. The minimum Gasteiger partial charge on any atom is -0.383 e. The van der Waals surface area contributed by atoms with E-state index in [1.165, 1.54) is 11.3 Å². The summed E-state index contributed by atoms with van der Waals surface area (Å²) in [6.45, 7) is 7.78. The normalized spacial score (nSPS) is 13.1. The molecule has 1 rings (SSSR count). The lowest BCUT2D eigenvalue weighted by atomic mass is 10.0. The van der Waals surface area contributed by atoms with Crippen molar-refractivity contribution in [3.05, 3.63) is 17.0 Å². The summed E-state index contributed by atoms with van der Waals surface area (Å²) in [5.41, 5.74) is 9.60. The van der Waals surface area contributed by atoms with Gasteiger partial charge >= 0.3 is 0 Å². The van der Waals surface area contributed by atoms with Gasteiger partial charge in [-0.05, 0) is 32.3 Å². The van der Waals surface area contributed by atoms with Crippen LogP contribution >= 0.6 is 0 Å². The SMILES string of the molecule is CCC(N)Cc1c(C)nn(CCOC)c1C. The third-order valence-electron chi connectivity index (χ3n) is 3.03. The van der Waals surface area contributed by atoms with Gasteiger partial charge in [-0.25, -0.2) is 0 Å². The van der Waals surface area contributed by atoms with E-state index < -0.39 is 0 Å². The number of ether oxygens (including phenoxy) is 1. The van der Waals surface area contributed by atoms with E-state index in [0.717, 1.165) is 25.1 Å². The van der Waals surface area contributed by atoms with Gasteiger partial charge in [0.2, 0.25) is 0 Å². The molecule has 0 amide bonds. The zero-order valence-electron chi connectivity index (χ0n) is 10.8. The molecule has 4 heteroatoms. The standard InChI is InChI=1S/C12H23N3O/c1-5-11(13)8-12-9(2)14-15(10(12)3)6-7-16-4/h11H,5-8,13H2,1-4H3. The van der Waals surface area contributed by atoms with Crippen LogP contribution in [0.15, 0.2) is 0 Å². The van der Waals surface area contributed by atoms with Crippen LogP contribution in [0.5, 0.6) is 0 Å². The van der Waals surface area contributed by atoms with Crippen molar-refractivity contribution in [2.24, 2.45) is 5.73 Å². The average molecular weight is 225 g/mol. The Bertz CT molecular complexity index is 333. The summed E-state index contributed by atoms with van der Waals surface area (Å²) in [4.78, 5) is 0. The van der Waals surface area contributed by atoms with Gasteiger partial charge in [-0.2, -0.15) is 5.10 Å². The third kappa shape index (κ3) is 3.06. The van der Waals surface area contributed by atoms with E-state index in [2.05, 4.69) is 18.9 Å². The minimum atomic E-state index is 0.234. The van der Waals surface area contributed by atoms with E-state index in [4.69, 9.17) is 10.5 Å². The predicted molar refractivity (Wildman–Crippen MR) is 65.5 cm³/mol. The molecule has 1 aromatic rings. The van der Waals surface area contributed by atoms with Crippen LogP contribution in [0.2, 0.25) is 0 Å². The highest BCUT2D eigenvalue weighted by atomic mass is 16.5. The van der Waals surface area contributed by atoms with Gasteiger partial charge in [-0.3, -0.25) is 4.68 Å². The predicted octanol–water partition coefficient (Wildman–Crippen LogP) is 1.43. The van der Waals surface area contributed by atoms with Crippen LogP contribution in [0.25, 0.3) is 0 Å². The Hall–Kier alpha value is -0.870. The monoisotopic (exact) mass is 225 g/mol. The molecule has 0 bridgehead atoms. The zero-order valence-corrected chi connectivity index (χ0v) is 10.8. The zero-order chi connectivity index (χ0) is 12.1. The molecule has 0 aromatic carbocycles. The Morgan fingerprint density at radius 2 is 2.12 bits per heavy atom. The molecule has 4 nitrogen and oxygen atoms in total. The van der Waals surface area contributed by atoms with Crippen molar-refractivity contribution in [3.63, 3.8) is 0 Å². The van der Waals surface area contributed by atoms with Gasteiger partial charge < -0.3 is 10.5 Å². The fourth-order valence-electron chi connectivity index (χ4n) is 1.83. The number of aromatic nitrogens is 2. The van der Waals surface area contributed by atoms with Crippen molar-refractivity contribution in [2.75, 3.05) is 13.7 Å². The Labute approximate surface area is 97.8 Å².